The fourth-order valence-corrected chi connectivity index (χ4v) is 2.34. The molecule has 3 unspecified atom stereocenters. The van der Waals surface area contributed by atoms with E-state index < -0.39 is 0 Å². The second-order valence-electron chi connectivity index (χ2n) is 3.04. The van der Waals surface area contributed by atoms with Crippen molar-refractivity contribution in [3.05, 3.63) is 12.4 Å². The molecule has 0 aromatic heterocycles. The summed E-state index contributed by atoms with van der Waals surface area (Å²) in [6.45, 7) is 2.08. The first kappa shape index (κ1) is 8.31. The summed E-state index contributed by atoms with van der Waals surface area (Å²) in [5.74, 6) is 0.0775. The van der Waals surface area contributed by atoms with Crippen LogP contribution in [-0.4, -0.2) is 26.9 Å². The lowest BCUT2D eigenvalue weighted by Gasteiger charge is -2.25. The average molecular weight is 279 g/mol. The zero-order valence-electron chi connectivity index (χ0n) is 6.62. The van der Waals surface area contributed by atoms with Crippen LogP contribution in [0.25, 0.3) is 0 Å². The highest BCUT2D eigenvalue weighted by molar-refractivity contribution is 14.1. The zero-order chi connectivity index (χ0) is 8.72. The molecule has 2 aliphatic rings. The van der Waals surface area contributed by atoms with Crippen LogP contribution in [0.1, 0.15) is 6.92 Å². The maximum Gasteiger partial charge on any atom is 0.249 e. The van der Waals surface area contributed by atoms with Crippen LogP contribution in [0.2, 0.25) is 0 Å². The third-order valence-electron chi connectivity index (χ3n) is 2.16. The summed E-state index contributed by atoms with van der Waals surface area (Å²) < 4.78 is 0.326. The third-order valence-corrected chi connectivity index (χ3v) is 3.92. The maximum atomic E-state index is 11.4. The van der Waals surface area contributed by atoms with Crippen molar-refractivity contribution in [1.82, 2.24) is 15.8 Å². The number of rotatable bonds is 0. The van der Waals surface area contributed by atoms with Crippen LogP contribution in [0.3, 0.4) is 0 Å². The van der Waals surface area contributed by atoms with E-state index in [1.54, 1.807) is 6.20 Å². The predicted molar refractivity (Wildman–Crippen MR) is 53.3 cm³/mol. The van der Waals surface area contributed by atoms with Crippen LogP contribution in [0, 0.1) is 0 Å². The molecule has 0 aliphatic carbocycles. The number of carbonyl (C=O) groups is 1. The van der Waals surface area contributed by atoms with Crippen LogP contribution >= 0.6 is 22.6 Å². The van der Waals surface area contributed by atoms with Crippen LogP contribution in [0.4, 0.5) is 0 Å². The molecule has 0 aromatic carbocycles. The monoisotopic (exact) mass is 279 g/mol. The summed E-state index contributed by atoms with van der Waals surface area (Å²) in [5.41, 5.74) is 3.21. The standard InChI is InChI=1S/C7H10IN3O/c1-4-5(8)6-7(12)9-2-3-11(6)10-4/h2-6,10H,1H3,(H,9,12). The number of alkyl halides is 1. The Morgan fingerprint density at radius 3 is 3.08 bits per heavy atom. The van der Waals surface area contributed by atoms with Gasteiger partial charge in [-0.1, -0.05) is 22.6 Å². The van der Waals surface area contributed by atoms with Gasteiger partial charge >= 0.3 is 0 Å². The molecule has 66 valence electrons. The number of nitrogens with one attached hydrogen (secondary N) is 2. The van der Waals surface area contributed by atoms with Crippen LogP contribution in [-0.2, 0) is 4.79 Å². The molecule has 1 amide bonds. The predicted octanol–water partition coefficient (Wildman–Crippen LogP) is -0.0317. The van der Waals surface area contributed by atoms with E-state index in [0.29, 0.717) is 9.97 Å². The highest BCUT2D eigenvalue weighted by Gasteiger charge is 2.42. The molecule has 0 bridgehead atoms. The largest absolute Gasteiger partial charge is 0.329 e. The Hall–Kier alpha value is -0.300. The SMILES string of the molecule is CC1NN2C=CNC(=O)C2C1I. The Labute approximate surface area is 84.5 Å². The van der Waals surface area contributed by atoms with Gasteiger partial charge in [-0.25, -0.2) is 5.43 Å². The number of halogens is 1. The molecule has 0 aromatic rings. The highest BCUT2D eigenvalue weighted by atomic mass is 127. The number of amides is 1. The average Bonchev–Trinajstić information content (AvgIpc) is 2.29. The van der Waals surface area contributed by atoms with Crippen molar-refractivity contribution in [2.75, 3.05) is 0 Å². The summed E-state index contributed by atoms with van der Waals surface area (Å²) in [4.78, 5) is 11.4. The summed E-state index contributed by atoms with van der Waals surface area (Å²) in [5, 5.41) is 4.57. The molecule has 2 aliphatic heterocycles. The number of hydrogen-bond acceptors (Lipinski definition) is 3. The van der Waals surface area contributed by atoms with Gasteiger partial charge in [0.05, 0.1) is 3.92 Å². The topological polar surface area (TPSA) is 44.4 Å². The molecular weight excluding hydrogens is 269 g/mol. The van der Waals surface area contributed by atoms with Gasteiger partial charge in [0.2, 0.25) is 5.91 Å². The number of carbonyl (C=O) groups excluding carboxylic acids is 1. The van der Waals surface area contributed by atoms with E-state index >= 15 is 0 Å². The third kappa shape index (κ3) is 1.11. The Morgan fingerprint density at radius 1 is 1.67 bits per heavy atom. The Bertz CT molecular complexity index is 243. The first-order chi connectivity index (χ1) is 5.70. The number of fused-ring (bicyclic) bond motifs is 1. The molecule has 1 fully saturated rings. The van der Waals surface area contributed by atoms with Crippen molar-refractivity contribution in [1.29, 1.82) is 0 Å². The molecule has 4 nitrogen and oxygen atoms in total. The van der Waals surface area contributed by atoms with E-state index in [4.69, 9.17) is 0 Å². The highest BCUT2D eigenvalue weighted by Crippen LogP contribution is 2.24. The van der Waals surface area contributed by atoms with Gasteiger partial charge in [0.15, 0.2) is 0 Å². The maximum absolute atomic E-state index is 11.4. The van der Waals surface area contributed by atoms with E-state index in [9.17, 15) is 4.79 Å². The first-order valence-corrected chi connectivity index (χ1v) is 5.10. The van der Waals surface area contributed by atoms with E-state index in [2.05, 4.69) is 40.3 Å². The van der Waals surface area contributed by atoms with Crippen molar-refractivity contribution in [3.8, 4) is 0 Å². The lowest BCUT2D eigenvalue weighted by atomic mass is 10.1. The van der Waals surface area contributed by atoms with Crippen LogP contribution < -0.4 is 10.7 Å². The molecule has 5 heteroatoms. The van der Waals surface area contributed by atoms with Gasteiger partial charge in [0.25, 0.3) is 0 Å². The molecule has 2 heterocycles. The molecular formula is C7H10IN3O. The smallest absolute Gasteiger partial charge is 0.249 e. The summed E-state index contributed by atoms with van der Waals surface area (Å²) >= 11 is 2.31. The molecule has 12 heavy (non-hydrogen) atoms. The Balaban J connectivity index is 2.26. The van der Waals surface area contributed by atoms with Gasteiger partial charge < -0.3 is 10.3 Å². The summed E-state index contributed by atoms with van der Waals surface area (Å²) in [6, 6.07) is 0.301. The van der Waals surface area contributed by atoms with E-state index in [1.807, 2.05) is 11.2 Å². The minimum absolute atomic E-state index is 0.0504. The second kappa shape index (κ2) is 2.88. The van der Waals surface area contributed by atoms with E-state index in [1.165, 1.54) is 0 Å². The molecule has 2 rings (SSSR count). The fraction of sp³-hybridized carbons (Fsp3) is 0.571. The molecule has 2 N–H and O–H groups in total. The van der Waals surface area contributed by atoms with Crippen molar-refractivity contribution in [2.45, 2.75) is 22.9 Å². The van der Waals surface area contributed by atoms with Gasteiger partial charge in [0, 0.05) is 18.4 Å². The quantitative estimate of drug-likeness (QED) is 0.483. The number of nitrogens with zero attached hydrogens (tertiary/aromatic N) is 1. The molecule has 1 saturated heterocycles. The molecule has 3 atom stereocenters. The van der Waals surface area contributed by atoms with Crippen LogP contribution in [0.15, 0.2) is 12.4 Å². The zero-order valence-corrected chi connectivity index (χ0v) is 8.78. The van der Waals surface area contributed by atoms with E-state index in [0.717, 1.165) is 0 Å². The molecule has 0 spiro atoms. The number of hydrogen-bond donors (Lipinski definition) is 2. The molecule has 0 saturated carbocycles. The number of hydrazine groups is 1. The van der Waals surface area contributed by atoms with Crippen LogP contribution in [0.5, 0.6) is 0 Å². The summed E-state index contributed by atoms with van der Waals surface area (Å²) in [7, 11) is 0. The Kier molecular flexibility index (Phi) is 1.99. The summed E-state index contributed by atoms with van der Waals surface area (Å²) in [6.07, 6.45) is 3.52. The minimum Gasteiger partial charge on any atom is -0.329 e. The second-order valence-corrected chi connectivity index (χ2v) is 4.48. The van der Waals surface area contributed by atoms with Gasteiger partial charge in [-0.3, -0.25) is 4.79 Å². The normalized spacial score (nSPS) is 39.7. The Morgan fingerprint density at radius 2 is 2.42 bits per heavy atom. The van der Waals surface area contributed by atoms with Crippen molar-refractivity contribution in [3.63, 3.8) is 0 Å². The lowest BCUT2D eigenvalue weighted by Crippen LogP contribution is -2.48. The van der Waals surface area contributed by atoms with Crippen molar-refractivity contribution in [2.24, 2.45) is 0 Å². The van der Waals surface area contributed by atoms with Gasteiger partial charge in [-0.05, 0) is 6.92 Å². The first-order valence-electron chi connectivity index (χ1n) is 3.86. The van der Waals surface area contributed by atoms with Crippen molar-refractivity contribution < 1.29 is 4.79 Å². The fourth-order valence-electron chi connectivity index (χ4n) is 1.51. The minimum atomic E-state index is -0.0504. The van der Waals surface area contributed by atoms with Gasteiger partial charge in [-0.2, -0.15) is 0 Å². The van der Waals surface area contributed by atoms with Gasteiger partial charge in [0.1, 0.15) is 6.04 Å². The van der Waals surface area contributed by atoms with Gasteiger partial charge in [-0.15, -0.1) is 0 Å². The van der Waals surface area contributed by atoms with Crippen molar-refractivity contribution >= 4 is 28.5 Å². The molecule has 0 radical (unpaired) electrons. The van der Waals surface area contributed by atoms with E-state index in [-0.39, 0.29) is 11.9 Å². The lowest BCUT2D eigenvalue weighted by molar-refractivity contribution is -0.124.